The molecular weight excluding hydrogens is 376 g/mol. The first-order valence-corrected chi connectivity index (χ1v) is 9.24. The number of esters is 1. The maximum atomic E-state index is 13.1. The fraction of sp³-hybridized carbons (Fsp3) is 0.381. The molecule has 0 aromatic heterocycles. The summed E-state index contributed by atoms with van der Waals surface area (Å²) in [5, 5.41) is 0. The van der Waals surface area contributed by atoms with Crippen molar-refractivity contribution in [3.05, 3.63) is 45.4 Å². The van der Waals surface area contributed by atoms with E-state index in [9.17, 15) is 19.2 Å². The van der Waals surface area contributed by atoms with Crippen molar-refractivity contribution in [3.8, 4) is 11.5 Å². The molecule has 152 valence electrons. The van der Waals surface area contributed by atoms with Crippen LogP contribution in [0.2, 0.25) is 0 Å². The average molecular weight is 398 g/mol. The Kier molecular flexibility index (Phi) is 5.37. The van der Waals surface area contributed by atoms with Gasteiger partial charge in [-0.05, 0) is 45.4 Å². The van der Waals surface area contributed by atoms with Gasteiger partial charge in [0.15, 0.2) is 11.2 Å². The SMILES string of the molecule is CC(=O)N(CC(=O)OC(C)(C)C)C(=O)c1c2oc3c(nc-2ccc1=O)C=CCC3. The number of carbonyl (C=O) groups excluding carboxylic acids is 3. The fourth-order valence-electron chi connectivity index (χ4n) is 3.00. The van der Waals surface area contributed by atoms with Crippen LogP contribution in [0.1, 0.15) is 55.9 Å². The molecule has 3 aliphatic rings. The Bertz CT molecular complexity index is 1040. The van der Waals surface area contributed by atoms with E-state index in [1.165, 1.54) is 12.1 Å². The van der Waals surface area contributed by atoms with Crippen LogP contribution in [0.4, 0.5) is 0 Å². The number of hydrogen-bond acceptors (Lipinski definition) is 7. The Morgan fingerprint density at radius 1 is 1.24 bits per heavy atom. The highest BCUT2D eigenvalue weighted by Gasteiger charge is 2.31. The van der Waals surface area contributed by atoms with E-state index < -0.39 is 35.4 Å². The Labute approximate surface area is 167 Å². The lowest BCUT2D eigenvalue weighted by Gasteiger charge is -2.23. The van der Waals surface area contributed by atoms with Crippen molar-refractivity contribution >= 4 is 23.9 Å². The minimum atomic E-state index is -0.921. The summed E-state index contributed by atoms with van der Waals surface area (Å²) in [6.45, 7) is 5.55. The van der Waals surface area contributed by atoms with Crippen LogP contribution in [0.3, 0.4) is 0 Å². The number of imide groups is 1. The molecule has 29 heavy (non-hydrogen) atoms. The standard InChI is InChI=1S/C21H22N2O6/c1-12(24)23(11-17(26)29-21(2,3)4)20(27)18-15(25)10-9-14-19(18)28-16-8-6-5-7-13(16)22-14/h5,7,9-10H,6,8,11H2,1-4H3. The van der Waals surface area contributed by atoms with Gasteiger partial charge >= 0.3 is 5.97 Å². The number of carbonyl (C=O) groups is 3. The molecule has 0 aromatic rings. The molecule has 0 bridgehead atoms. The van der Waals surface area contributed by atoms with Gasteiger partial charge in [0.2, 0.25) is 5.91 Å². The van der Waals surface area contributed by atoms with Crippen LogP contribution >= 0.6 is 0 Å². The van der Waals surface area contributed by atoms with E-state index in [0.29, 0.717) is 28.5 Å². The number of ether oxygens (including phenoxy) is 1. The smallest absolute Gasteiger partial charge is 0.326 e. The number of aromatic nitrogens is 1. The molecule has 0 saturated carbocycles. The molecule has 2 amide bonds. The van der Waals surface area contributed by atoms with Gasteiger partial charge in [-0.1, -0.05) is 6.08 Å². The Morgan fingerprint density at radius 3 is 2.62 bits per heavy atom. The summed E-state index contributed by atoms with van der Waals surface area (Å²) in [6.07, 6.45) is 5.11. The zero-order valence-electron chi connectivity index (χ0n) is 16.8. The Balaban J connectivity index is 2.03. The van der Waals surface area contributed by atoms with Crippen molar-refractivity contribution in [2.45, 2.75) is 46.1 Å². The van der Waals surface area contributed by atoms with Gasteiger partial charge in [0.25, 0.3) is 5.91 Å². The molecule has 1 aliphatic heterocycles. The zero-order chi connectivity index (χ0) is 21.3. The van der Waals surface area contributed by atoms with Gasteiger partial charge in [0, 0.05) is 13.3 Å². The van der Waals surface area contributed by atoms with Crippen molar-refractivity contribution in [1.82, 2.24) is 9.88 Å². The second-order valence-corrected chi connectivity index (χ2v) is 7.75. The normalized spacial score (nSPS) is 13.1. The predicted molar refractivity (Wildman–Crippen MR) is 104 cm³/mol. The third-order valence-electron chi connectivity index (χ3n) is 4.21. The lowest BCUT2D eigenvalue weighted by Crippen LogP contribution is -2.43. The van der Waals surface area contributed by atoms with E-state index in [0.717, 1.165) is 13.3 Å². The summed E-state index contributed by atoms with van der Waals surface area (Å²) in [5.41, 5.74) is -0.768. The molecule has 2 aliphatic carbocycles. The summed E-state index contributed by atoms with van der Waals surface area (Å²) >= 11 is 0. The Hall–Kier alpha value is -3.29. The van der Waals surface area contributed by atoms with Gasteiger partial charge < -0.3 is 9.15 Å². The minimum absolute atomic E-state index is 0.00647. The molecular formula is C21H22N2O6. The molecule has 0 radical (unpaired) electrons. The highest BCUT2D eigenvalue weighted by atomic mass is 16.6. The van der Waals surface area contributed by atoms with Gasteiger partial charge in [-0.15, -0.1) is 0 Å². The van der Waals surface area contributed by atoms with Gasteiger partial charge in [0.05, 0.1) is 0 Å². The number of amides is 2. The van der Waals surface area contributed by atoms with Crippen LogP contribution in [0, 0.1) is 0 Å². The number of rotatable bonds is 3. The highest BCUT2D eigenvalue weighted by Crippen LogP contribution is 2.29. The first kappa shape index (κ1) is 20.4. The second-order valence-electron chi connectivity index (χ2n) is 7.75. The van der Waals surface area contributed by atoms with Crippen LogP contribution in [-0.2, 0) is 20.7 Å². The van der Waals surface area contributed by atoms with E-state index >= 15 is 0 Å². The monoisotopic (exact) mass is 398 g/mol. The molecule has 1 heterocycles. The summed E-state index contributed by atoms with van der Waals surface area (Å²) in [7, 11) is 0. The second kappa shape index (κ2) is 7.62. The molecule has 8 heteroatoms. The van der Waals surface area contributed by atoms with E-state index in [1.54, 1.807) is 20.8 Å². The lowest BCUT2D eigenvalue weighted by atomic mass is 10.0. The van der Waals surface area contributed by atoms with Gasteiger partial charge in [-0.3, -0.25) is 24.1 Å². The van der Waals surface area contributed by atoms with Crippen molar-refractivity contribution < 1.29 is 23.5 Å². The Morgan fingerprint density at radius 2 is 1.97 bits per heavy atom. The lowest BCUT2D eigenvalue weighted by molar-refractivity contribution is -0.157. The molecule has 8 nitrogen and oxygen atoms in total. The molecule has 0 aromatic carbocycles. The van der Waals surface area contributed by atoms with E-state index in [-0.39, 0.29) is 11.3 Å². The van der Waals surface area contributed by atoms with Gasteiger partial charge in [-0.2, -0.15) is 0 Å². The van der Waals surface area contributed by atoms with Crippen molar-refractivity contribution in [3.63, 3.8) is 0 Å². The molecule has 0 spiro atoms. The summed E-state index contributed by atoms with van der Waals surface area (Å²) < 4.78 is 11.0. The predicted octanol–water partition coefficient (Wildman–Crippen LogP) is 2.43. The van der Waals surface area contributed by atoms with Crippen molar-refractivity contribution in [1.29, 1.82) is 0 Å². The van der Waals surface area contributed by atoms with E-state index in [2.05, 4.69) is 4.98 Å². The van der Waals surface area contributed by atoms with Gasteiger partial charge in [0.1, 0.15) is 34.9 Å². The first-order valence-electron chi connectivity index (χ1n) is 9.24. The number of hydrogen-bond donors (Lipinski definition) is 0. The highest BCUT2D eigenvalue weighted by molar-refractivity contribution is 6.08. The molecule has 3 rings (SSSR count). The number of aryl methyl sites for hydroxylation is 1. The van der Waals surface area contributed by atoms with E-state index in [4.69, 9.17) is 9.15 Å². The third-order valence-corrected chi connectivity index (χ3v) is 4.21. The summed E-state index contributed by atoms with van der Waals surface area (Å²) in [5.74, 6) is -1.80. The average Bonchev–Trinajstić information content (AvgIpc) is 2.62. The summed E-state index contributed by atoms with van der Waals surface area (Å²) in [6, 6.07) is 2.66. The van der Waals surface area contributed by atoms with Gasteiger partial charge in [-0.25, -0.2) is 4.98 Å². The minimum Gasteiger partial charge on any atom is -0.459 e. The van der Waals surface area contributed by atoms with Crippen molar-refractivity contribution in [2.75, 3.05) is 6.54 Å². The van der Waals surface area contributed by atoms with Crippen molar-refractivity contribution in [2.24, 2.45) is 0 Å². The van der Waals surface area contributed by atoms with Crippen LogP contribution < -0.4 is 5.43 Å². The number of allylic oxidation sites excluding steroid dienone is 1. The van der Waals surface area contributed by atoms with Crippen LogP contribution in [0.25, 0.3) is 17.5 Å². The summed E-state index contributed by atoms with van der Waals surface area (Å²) in [4.78, 5) is 55.0. The maximum Gasteiger partial charge on any atom is 0.326 e. The van der Waals surface area contributed by atoms with Crippen LogP contribution in [0.5, 0.6) is 0 Å². The fourth-order valence-corrected chi connectivity index (χ4v) is 3.00. The van der Waals surface area contributed by atoms with Crippen LogP contribution in [0.15, 0.2) is 27.4 Å². The topological polar surface area (TPSA) is 107 Å². The molecule has 0 saturated heterocycles. The van der Waals surface area contributed by atoms with Crippen LogP contribution in [-0.4, -0.2) is 39.8 Å². The molecule has 0 N–H and O–H groups in total. The molecule has 0 unspecified atom stereocenters. The third kappa shape index (κ3) is 4.42. The maximum absolute atomic E-state index is 13.1. The zero-order valence-corrected chi connectivity index (χ0v) is 16.8. The number of fused-ring (bicyclic) bond motifs is 2. The van der Waals surface area contributed by atoms with E-state index in [1.807, 2.05) is 12.2 Å². The first-order chi connectivity index (χ1) is 13.6. The number of benzene rings is 1. The molecule has 0 fully saturated rings. The quantitative estimate of drug-likeness (QED) is 0.731. The largest absolute Gasteiger partial charge is 0.459 e. The number of nitrogens with zero attached hydrogens (tertiary/aromatic N) is 2. The molecule has 0 atom stereocenters.